The number of nitrogens with zero attached hydrogens (tertiary/aromatic N) is 2. The van der Waals surface area contributed by atoms with Gasteiger partial charge in [-0.1, -0.05) is 42.8 Å². The van der Waals surface area contributed by atoms with Gasteiger partial charge >= 0.3 is 6.03 Å². The molecule has 1 aliphatic heterocycles. The van der Waals surface area contributed by atoms with Crippen molar-refractivity contribution in [2.24, 2.45) is 5.92 Å². The van der Waals surface area contributed by atoms with Gasteiger partial charge in [0.25, 0.3) is 5.91 Å². The monoisotopic (exact) mass is 600 g/mol. The molecule has 0 bridgehead atoms. The Balaban J connectivity index is 1.68. The second kappa shape index (κ2) is 12.9. The number of hydrogen-bond acceptors (Lipinski definition) is 6. The number of fused-ring (bicyclic) bond motifs is 1. The average Bonchev–Trinajstić information content (AvgIpc) is 2.95. The van der Waals surface area contributed by atoms with Crippen molar-refractivity contribution in [1.29, 1.82) is 0 Å². The van der Waals surface area contributed by atoms with Crippen LogP contribution >= 0.6 is 11.6 Å². The molecule has 218 valence electrons. The minimum absolute atomic E-state index is 0.0500. The molecule has 1 heterocycles. The summed E-state index contributed by atoms with van der Waals surface area (Å²) in [6.45, 7) is 3.48. The third-order valence-electron chi connectivity index (χ3n) is 6.93. The summed E-state index contributed by atoms with van der Waals surface area (Å²) < 4.78 is 34.3. The number of likely N-dealkylation sites (N-methyl/N-ethyl adjacent to an activating group) is 1. The smallest absolute Gasteiger partial charge is 0.323 e. The lowest BCUT2D eigenvalue weighted by Gasteiger charge is -2.38. The Morgan fingerprint density at radius 1 is 1.10 bits per heavy atom. The van der Waals surface area contributed by atoms with Gasteiger partial charge in [0, 0.05) is 30.2 Å². The number of aliphatic hydroxyl groups is 1. The minimum atomic E-state index is -3.89. The van der Waals surface area contributed by atoms with Gasteiger partial charge in [0.15, 0.2) is 5.75 Å². The Morgan fingerprint density at radius 3 is 2.44 bits per heavy atom. The summed E-state index contributed by atoms with van der Waals surface area (Å²) in [5.41, 5.74) is 0.996. The number of anilines is 2. The van der Waals surface area contributed by atoms with Crippen LogP contribution in [0.4, 0.5) is 16.2 Å². The van der Waals surface area contributed by atoms with Crippen LogP contribution in [0.25, 0.3) is 0 Å². The first kappa shape index (κ1) is 30.3. The number of halogens is 1. The highest BCUT2D eigenvalue weighted by Crippen LogP contribution is 2.35. The van der Waals surface area contributed by atoms with Crippen molar-refractivity contribution in [3.8, 4) is 5.75 Å². The van der Waals surface area contributed by atoms with Gasteiger partial charge in [-0.3, -0.25) is 4.79 Å². The maximum atomic E-state index is 13.7. The molecule has 3 atom stereocenters. The van der Waals surface area contributed by atoms with Crippen LogP contribution in [-0.2, 0) is 10.0 Å². The van der Waals surface area contributed by atoms with Crippen molar-refractivity contribution in [2.45, 2.75) is 30.9 Å². The van der Waals surface area contributed by atoms with E-state index in [0.717, 1.165) is 0 Å². The van der Waals surface area contributed by atoms with Crippen LogP contribution in [0.5, 0.6) is 5.75 Å². The molecule has 3 amide bonds. The van der Waals surface area contributed by atoms with Crippen LogP contribution in [0.2, 0.25) is 5.02 Å². The number of benzene rings is 3. The van der Waals surface area contributed by atoms with Crippen LogP contribution in [0.3, 0.4) is 0 Å². The van der Waals surface area contributed by atoms with Gasteiger partial charge in [0.2, 0.25) is 10.0 Å². The number of amides is 3. The number of carbonyl (C=O) groups is 2. The second-order valence-electron chi connectivity index (χ2n) is 9.99. The number of rotatable bonds is 8. The van der Waals surface area contributed by atoms with Crippen LogP contribution in [0.15, 0.2) is 77.7 Å². The Labute approximate surface area is 244 Å². The summed E-state index contributed by atoms with van der Waals surface area (Å²) >= 11 is 5.94. The molecule has 41 heavy (non-hydrogen) atoms. The van der Waals surface area contributed by atoms with E-state index in [0.29, 0.717) is 10.7 Å². The Kier molecular flexibility index (Phi) is 9.54. The summed E-state index contributed by atoms with van der Waals surface area (Å²) in [5.74, 6) is -0.610. The van der Waals surface area contributed by atoms with E-state index in [1.807, 2.05) is 13.0 Å². The predicted octanol–water partition coefficient (Wildman–Crippen LogP) is 4.52. The fraction of sp³-hybridized carbons (Fsp3) is 0.310. The van der Waals surface area contributed by atoms with E-state index in [4.69, 9.17) is 16.3 Å². The topological polar surface area (TPSA) is 128 Å². The van der Waals surface area contributed by atoms with Crippen molar-refractivity contribution in [3.63, 3.8) is 0 Å². The summed E-state index contributed by atoms with van der Waals surface area (Å²) in [7, 11) is -2.44. The van der Waals surface area contributed by atoms with E-state index in [9.17, 15) is 23.1 Å². The SMILES string of the molecule is C[C@H](CO)N1C[C@H](C)[C@H](CN(C)S(=O)(=O)c2ccc(Cl)cc2)Oc2c(NC(=O)Nc3ccccc3)cccc2C1=O. The van der Waals surface area contributed by atoms with E-state index in [2.05, 4.69) is 10.6 Å². The van der Waals surface area contributed by atoms with Gasteiger partial charge in [-0.05, 0) is 55.5 Å². The standard InChI is InChI=1S/C29H33ClN4O6S/c1-19-16-34(20(2)18-35)28(36)24-10-7-11-25(32-29(37)31-22-8-5-4-6-9-22)27(24)40-26(19)17-33(3)41(38,39)23-14-12-21(30)13-15-23/h4-15,19-20,26,35H,16-18H2,1-3H3,(H2,31,32,37)/t19-,20+,26-/m0/s1. The number of ether oxygens (including phenoxy) is 1. The van der Waals surface area contributed by atoms with Crippen LogP contribution in [0, 0.1) is 5.92 Å². The Morgan fingerprint density at radius 2 is 1.78 bits per heavy atom. The van der Waals surface area contributed by atoms with Crippen molar-refractivity contribution >= 4 is 44.9 Å². The first-order valence-electron chi connectivity index (χ1n) is 13.1. The lowest BCUT2D eigenvalue weighted by molar-refractivity contribution is 0.0389. The zero-order valence-corrected chi connectivity index (χ0v) is 24.5. The molecule has 12 heteroatoms. The third-order valence-corrected chi connectivity index (χ3v) is 9.02. The fourth-order valence-electron chi connectivity index (χ4n) is 4.50. The second-order valence-corrected chi connectivity index (χ2v) is 12.5. The summed E-state index contributed by atoms with van der Waals surface area (Å²) in [6.07, 6.45) is -0.720. The van der Waals surface area contributed by atoms with Crippen LogP contribution in [0.1, 0.15) is 24.2 Å². The van der Waals surface area contributed by atoms with Gasteiger partial charge < -0.3 is 25.4 Å². The number of urea groups is 1. The summed E-state index contributed by atoms with van der Waals surface area (Å²) in [6, 6.07) is 18.5. The summed E-state index contributed by atoms with van der Waals surface area (Å²) in [5, 5.41) is 15.8. The normalized spacial score (nSPS) is 18.1. The van der Waals surface area contributed by atoms with Crippen molar-refractivity contribution in [3.05, 3.63) is 83.4 Å². The molecule has 4 rings (SSSR count). The lowest BCUT2D eigenvalue weighted by Crippen LogP contribution is -2.50. The molecule has 0 radical (unpaired) electrons. The minimum Gasteiger partial charge on any atom is -0.486 e. The number of aliphatic hydroxyl groups excluding tert-OH is 1. The molecule has 3 N–H and O–H groups in total. The van der Waals surface area contributed by atoms with Gasteiger partial charge in [-0.2, -0.15) is 4.31 Å². The molecule has 0 saturated carbocycles. The van der Waals surface area contributed by atoms with Gasteiger partial charge in [-0.15, -0.1) is 0 Å². The largest absolute Gasteiger partial charge is 0.486 e. The first-order chi connectivity index (χ1) is 19.5. The molecule has 0 aromatic heterocycles. The first-order valence-corrected chi connectivity index (χ1v) is 14.9. The van der Waals surface area contributed by atoms with Crippen LogP contribution in [-0.4, -0.2) is 73.6 Å². The van der Waals surface area contributed by atoms with E-state index in [1.54, 1.807) is 54.3 Å². The average molecular weight is 601 g/mol. The Hall–Kier alpha value is -3.64. The molecule has 0 unspecified atom stereocenters. The molecule has 1 aliphatic rings. The van der Waals surface area contributed by atoms with E-state index >= 15 is 0 Å². The molecule has 0 aliphatic carbocycles. The molecule has 0 fully saturated rings. The highest BCUT2D eigenvalue weighted by molar-refractivity contribution is 7.89. The summed E-state index contributed by atoms with van der Waals surface area (Å²) in [4.78, 5) is 28.1. The fourth-order valence-corrected chi connectivity index (χ4v) is 5.81. The number of hydrogen-bond donors (Lipinski definition) is 3. The van der Waals surface area contributed by atoms with E-state index in [1.165, 1.54) is 35.6 Å². The number of sulfonamides is 1. The molecule has 0 saturated heterocycles. The van der Waals surface area contributed by atoms with Gasteiger partial charge in [0.05, 0.1) is 35.3 Å². The van der Waals surface area contributed by atoms with Gasteiger partial charge in [-0.25, -0.2) is 13.2 Å². The quantitative estimate of drug-likeness (QED) is 0.349. The molecule has 0 spiro atoms. The zero-order chi connectivity index (χ0) is 29.7. The van der Waals surface area contributed by atoms with E-state index < -0.39 is 28.2 Å². The van der Waals surface area contributed by atoms with Crippen molar-refractivity contribution in [1.82, 2.24) is 9.21 Å². The molecular weight excluding hydrogens is 568 g/mol. The Bertz CT molecular complexity index is 1490. The molecule has 10 nitrogen and oxygen atoms in total. The molecule has 3 aromatic carbocycles. The van der Waals surface area contributed by atoms with Crippen molar-refractivity contribution in [2.75, 3.05) is 37.4 Å². The number of para-hydroxylation sites is 2. The highest BCUT2D eigenvalue weighted by atomic mass is 35.5. The van der Waals surface area contributed by atoms with Crippen LogP contribution < -0.4 is 15.4 Å². The molecule has 3 aromatic rings. The lowest BCUT2D eigenvalue weighted by atomic mass is 9.99. The zero-order valence-electron chi connectivity index (χ0n) is 23.0. The third kappa shape index (κ3) is 6.99. The number of nitrogens with one attached hydrogen (secondary N) is 2. The van der Waals surface area contributed by atoms with E-state index in [-0.39, 0.29) is 53.4 Å². The molecular formula is C29H33ClN4O6S. The van der Waals surface area contributed by atoms with Crippen molar-refractivity contribution < 1.29 is 27.9 Å². The number of carbonyl (C=O) groups excluding carboxylic acids is 2. The maximum Gasteiger partial charge on any atom is 0.323 e. The predicted molar refractivity (Wildman–Crippen MR) is 158 cm³/mol. The van der Waals surface area contributed by atoms with Gasteiger partial charge in [0.1, 0.15) is 6.10 Å². The highest BCUT2D eigenvalue weighted by Gasteiger charge is 2.36. The maximum absolute atomic E-state index is 13.7.